The summed E-state index contributed by atoms with van der Waals surface area (Å²) in [7, 11) is 1.44. The van der Waals surface area contributed by atoms with Crippen molar-refractivity contribution in [1.29, 1.82) is 0 Å². The van der Waals surface area contributed by atoms with Gasteiger partial charge in [0.05, 0.1) is 12.7 Å². The van der Waals surface area contributed by atoms with Crippen LogP contribution < -0.4 is 5.32 Å². The third-order valence-electron chi connectivity index (χ3n) is 1.66. The lowest BCUT2D eigenvalue weighted by atomic mass is 10.2. The van der Waals surface area contributed by atoms with Gasteiger partial charge in [0.1, 0.15) is 5.60 Å². The number of rotatable bonds is 5. The Kier molecular flexibility index (Phi) is 6.68. The van der Waals surface area contributed by atoms with Crippen LogP contribution in [-0.2, 0) is 19.0 Å². The van der Waals surface area contributed by atoms with E-state index in [-0.39, 0.29) is 12.7 Å². The molecular weight excluding hydrogens is 238 g/mol. The smallest absolute Gasteiger partial charge is 0.408 e. The molecule has 106 valence electrons. The van der Waals surface area contributed by atoms with E-state index in [0.29, 0.717) is 0 Å². The lowest BCUT2D eigenvalue weighted by molar-refractivity contribution is -0.151. The molecule has 0 aliphatic carbocycles. The second-order valence-corrected chi connectivity index (χ2v) is 5.14. The van der Waals surface area contributed by atoms with Gasteiger partial charge in [-0.3, -0.25) is 0 Å². The Balaban J connectivity index is 4.43. The van der Waals surface area contributed by atoms with Crippen molar-refractivity contribution in [3.05, 3.63) is 0 Å². The summed E-state index contributed by atoms with van der Waals surface area (Å²) in [6, 6.07) is -0.868. The van der Waals surface area contributed by atoms with Gasteiger partial charge in [-0.1, -0.05) is 0 Å². The van der Waals surface area contributed by atoms with E-state index >= 15 is 0 Å². The molecule has 0 aliphatic rings. The first-order chi connectivity index (χ1) is 8.15. The fourth-order valence-electron chi connectivity index (χ4n) is 1.10. The van der Waals surface area contributed by atoms with Crippen molar-refractivity contribution in [2.24, 2.45) is 0 Å². The van der Waals surface area contributed by atoms with E-state index in [1.807, 2.05) is 0 Å². The first kappa shape index (κ1) is 16.7. The van der Waals surface area contributed by atoms with Crippen molar-refractivity contribution in [3.8, 4) is 0 Å². The molecule has 1 atom stereocenters. The van der Waals surface area contributed by atoms with Crippen molar-refractivity contribution in [3.63, 3.8) is 0 Å². The van der Waals surface area contributed by atoms with E-state index in [9.17, 15) is 9.59 Å². The Labute approximate surface area is 108 Å². The minimum Gasteiger partial charge on any atom is -0.461 e. The van der Waals surface area contributed by atoms with E-state index < -0.39 is 23.7 Å². The number of ether oxygens (including phenoxy) is 3. The number of carbonyl (C=O) groups excluding carboxylic acids is 2. The van der Waals surface area contributed by atoms with Crippen LogP contribution in [0.2, 0.25) is 0 Å². The summed E-state index contributed by atoms with van der Waals surface area (Å²) in [4.78, 5) is 23.2. The van der Waals surface area contributed by atoms with Crippen LogP contribution in [0.5, 0.6) is 0 Å². The standard InChI is InChI=1S/C12H23NO5/c1-8(2)17-10(14)9(7-16-6)13-11(15)18-12(3,4)5/h8-9H,7H2,1-6H3,(H,13,15)/t9-/m0/s1. The largest absolute Gasteiger partial charge is 0.461 e. The quantitative estimate of drug-likeness (QED) is 0.759. The van der Waals surface area contributed by atoms with Crippen LogP contribution in [0.25, 0.3) is 0 Å². The van der Waals surface area contributed by atoms with E-state index in [4.69, 9.17) is 14.2 Å². The zero-order valence-electron chi connectivity index (χ0n) is 11.9. The molecule has 0 saturated carbocycles. The number of carbonyl (C=O) groups is 2. The fourth-order valence-corrected chi connectivity index (χ4v) is 1.10. The monoisotopic (exact) mass is 261 g/mol. The lowest BCUT2D eigenvalue weighted by Crippen LogP contribution is -2.47. The molecule has 0 fully saturated rings. The summed E-state index contributed by atoms with van der Waals surface area (Å²) in [5.74, 6) is -0.544. The average Bonchev–Trinajstić information content (AvgIpc) is 2.12. The third kappa shape index (κ3) is 7.89. The molecule has 6 nitrogen and oxygen atoms in total. The molecule has 1 N–H and O–H groups in total. The van der Waals surface area contributed by atoms with E-state index in [1.54, 1.807) is 34.6 Å². The first-order valence-electron chi connectivity index (χ1n) is 5.84. The van der Waals surface area contributed by atoms with E-state index in [0.717, 1.165) is 0 Å². The van der Waals surface area contributed by atoms with Gasteiger partial charge < -0.3 is 19.5 Å². The summed E-state index contributed by atoms with van der Waals surface area (Å²) in [5, 5.41) is 2.42. The number of alkyl carbamates (subject to hydrolysis) is 1. The van der Waals surface area contributed by atoms with Crippen molar-refractivity contribution >= 4 is 12.1 Å². The molecule has 1 amide bonds. The van der Waals surface area contributed by atoms with E-state index in [2.05, 4.69) is 5.32 Å². The highest BCUT2D eigenvalue weighted by molar-refractivity contribution is 5.81. The molecule has 18 heavy (non-hydrogen) atoms. The van der Waals surface area contributed by atoms with E-state index in [1.165, 1.54) is 7.11 Å². The Morgan fingerprint density at radius 1 is 1.22 bits per heavy atom. The number of hydrogen-bond acceptors (Lipinski definition) is 5. The molecular formula is C12H23NO5. The Morgan fingerprint density at radius 2 is 1.78 bits per heavy atom. The van der Waals surface area contributed by atoms with Gasteiger partial charge in [0, 0.05) is 7.11 Å². The zero-order valence-corrected chi connectivity index (χ0v) is 11.9. The van der Waals surface area contributed by atoms with Gasteiger partial charge in [-0.15, -0.1) is 0 Å². The fraction of sp³-hybridized carbons (Fsp3) is 0.833. The van der Waals surface area contributed by atoms with Gasteiger partial charge in [0.15, 0.2) is 6.04 Å². The molecule has 0 unspecified atom stereocenters. The van der Waals surface area contributed by atoms with Gasteiger partial charge in [-0.05, 0) is 34.6 Å². The van der Waals surface area contributed by atoms with Crippen LogP contribution in [0.1, 0.15) is 34.6 Å². The maximum absolute atomic E-state index is 11.7. The van der Waals surface area contributed by atoms with Crippen LogP contribution in [0.15, 0.2) is 0 Å². The second-order valence-electron chi connectivity index (χ2n) is 5.14. The normalized spacial score (nSPS) is 13.1. The van der Waals surface area contributed by atoms with Crippen molar-refractivity contribution in [2.45, 2.75) is 52.4 Å². The molecule has 0 aromatic carbocycles. The van der Waals surface area contributed by atoms with Gasteiger partial charge in [-0.2, -0.15) is 0 Å². The zero-order chi connectivity index (χ0) is 14.3. The Morgan fingerprint density at radius 3 is 2.17 bits per heavy atom. The maximum atomic E-state index is 11.7. The summed E-state index contributed by atoms with van der Waals surface area (Å²) >= 11 is 0. The van der Waals surface area contributed by atoms with Gasteiger partial charge in [0.25, 0.3) is 0 Å². The highest BCUT2D eigenvalue weighted by Crippen LogP contribution is 2.07. The molecule has 0 saturated heterocycles. The molecule has 0 aliphatic heterocycles. The molecule has 0 rings (SSSR count). The molecule has 0 spiro atoms. The number of amides is 1. The second kappa shape index (κ2) is 7.20. The predicted octanol–water partition coefficient (Wildman–Crippen LogP) is 1.48. The average molecular weight is 261 g/mol. The molecule has 0 radical (unpaired) electrons. The first-order valence-corrected chi connectivity index (χ1v) is 5.84. The van der Waals surface area contributed by atoms with Crippen LogP contribution in [0, 0.1) is 0 Å². The number of methoxy groups -OCH3 is 1. The molecule has 0 bridgehead atoms. The van der Waals surface area contributed by atoms with Crippen molar-refractivity contribution in [2.75, 3.05) is 13.7 Å². The highest BCUT2D eigenvalue weighted by atomic mass is 16.6. The van der Waals surface area contributed by atoms with Gasteiger partial charge >= 0.3 is 12.1 Å². The highest BCUT2D eigenvalue weighted by Gasteiger charge is 2.25. The summed E-state index contributed by atoms with van der Waals surface area (Å²) in [5.41, 5.74) is -0.621. The topological polar surface area (TPSA) is 73.9 Å². The predicted molar refractivity (Wildman–Crippen MR) is 66.3 cm³/mol. The SMILES string of the molecule is COC[C@H](NC(=O)OC(C)(C)C)C(=O)OC(C)C. The van der Waals surface area contributed by atoms with Crippen molar-refractivity contribution < 1.29 is 23.8 Å². The number of esters is 1. The molecule has 0 aromatic rings. The number of hydrogen-bond donors (Lipinski definition) is 1. The van der Waals surface area contributed by atoms with Gasteiger partial charge in [-0.25, -0.2) is 9.59 Å². The van der Waals surface area contributed by atoms with Crippen LogP contribution in [0.3, 0.4) is 0 Å². The van der Waals surface area contributed by atoms with Crippen LogP contribution in [-0.4, -0.2) is 43.5 Å². The molecule has 6 heteroatoms. The maximum Gasteiger partial charge on any atom is 0.408 e. The van der Waals surface area contributed by atoms with Crippen LogP contribution in [0.4, 0.5) is 4.79 Å². The summed E-state index contributed by atoms with van der Waals surface area (Å²) < 4.78 is 14.9. The third-order valence-corrected chi connectivity index (χ3v) is 1.66. The lowest BCUT2D eigenvalue weighted by Gasteiger charge is -2.23. The van der Waals surface area contributed by atoms with Crippen LogP contribution >= 0.6 is 0 Å². The van der Waals surface area contributed by atoms with Gasteiger partial charge in [0.2, 0.25) is 0 Å². The number of nitrogens with one attached hydrogen (secondary N) is 1. The molecule has 0 heterocycles. The Bertz CT molecular complexity index is 283. The summed E-state index contributed by atoms with van der Waals surface area (Å²) in [6.45, 7) is 8.72. The minimum absolute atomic E-state index is 0.0325. The van der Waals surface area contributed by atoms with Crippen molar-refractivity contribution in [1.82, 2.24) is 5.32 Å². The minimum atomic E-state index is -0.868. The molecule has 0 aromatic heterocycles. The Hall–Kier alpha value is -1.30. The summed E-state index contributed by atoms with van der Waals surface area (Å²) in [6.07, 6.45) is -0.928.